The number of nitrogens with one attached hydrogen (secondary N) is 1. The molecular formula is C26H30N6O. The van der Waals surface area contributed by atoms with Crippen LogP contribution < -0.4 is 10.5 Å². The Bertz CT molecular complexity index is 1370. The normalized spacial score (nSPS) is 15.0. The van der Waals surface area contributed by atoms with Gasteiger partial charge in [-0.25, -0.2) is 4.68 Å². The Morgan fingerprint density at radius 2 is 1.97 bits per heavy atom. The van der Waals surface area contributed by atoms with E-state index in [9.17, 15) is 4.79 Å². The summed E-state index contributed by atoms with van der Waals surface area (Å²) in [4.78, 5) is 18.9. The number of hydrogen-bond acceptors (Lipinski definition) is 5. The molecule has 7 nitrogen and oxygen atoms in total. The van der Waals surface area contributed by atoms with E-state index in [1.807, 2.05) is 23.7 Å². The molecule has 0 saturated carbocycles. The second-order valence-corrected chi connectivity index (χ2v) is 9.59. The average Bonchev–Trinajstić information content (AvgIpc) is 3.30. The van der Waals surface area contributed by atoms with Gasteiger partial charge in [0.15, 0.2) is 5.82 Å². The summed E-state index contributed by atoms with van der Waals surface area (Å²) in [7, 11) is 0. The number of tetrazole rings is 1. The third-order valence-electron chi connectivity index (χ3n) is 6.96. The molecule has 0 amide bonds. The third kappa shape index (κ3) is 3.71. The van der Waals surface area contributed by atoms with Gasteiger partial charge in [-0.1, -0.05) is 37.3 Å². The quantitative estimate of drug-likeness (QED) is 0.492. The average molecular weight is 443 g/mol. The van der Waals surface area contributed by atoms with Crippen LogP contribution in [0.4, 0.5) is 5.69 Å². The van der Waals surface area contributed by atoms with Crippen molar-refractivity contribution in [1.82, 2.24) is 25.2 Å². The second-order valence-electron chi connectivity index (χ2n) is 9.59. The van der Waals surface area contributed by atoms with Crippen LogP contribution in [0, 0.1) is 6.92 Å². The van der Waals surface area contributed by atoms with Gasteiger partial charge < -0.3 is 9.88 Å². The third-order valence-corrected chi connectivity index (χ3v) is 6.96. The lowest BCUT2D eigenvalue weighted by atomic mass is 9.95. The Morgan fingerprint density at radius 3 is 2.79 bits per heavy atom. The largest absolute Gasteiger partial charge is 0.357 e. The number of H-pyrrole nitrogens is 1. The van der Waals surface area contributed by atoms with Crippen LogP contribution in [0.15, 0.2) is 53.3 Å². The zero-order valence-corrected chi connectivity index (χ0v) is 19.7. The highest BCUT2D eigenvalue weighted by Gasteiger charge is 2.36. The maximum atomic E-state index is 13.5. The minimum absolute atomic E-state index is 0.106. The van der Waals surface area contributed by atoms with Gasteiger partial charge in [-0.2, -0.15) is 0 Å². The molecule has 0 aliphatic carbocycles. The van der Waals surface area contributed by atoms with Crippen LogP contribution in [-0.2, 0) is 12.0 Å². The summed E-state index contributed by atoms with van der Waals surface area (Å²) in [6, 6.07) is 16.2. The number of benzene rings is 2. The first kappa shape index (κ1) is 21.4. The summed E-state index contributed by atoms with van der Waals surface area (Å²) in [5.74, 6) is 0.690. The van der Waals surface area contributed by atoms with Gasteiger partial charge in [-0.15, -0.1) is 5.10 Å². The van der Waals surface area contributed by atoms with Crippen LogP contribution in [0.25, 0.3) is 10.9 Å². The lowest BCUT2D eigenvalue weighted by molar-refractivity contribution is 0.287. The van der Waals surface area contributed by atoms with Crippen LogP contribution in [-0.4, -0.2) is 31.7 Å². The number of nitrogens with zero attached hydrogens (tertiary/aromatic N) is 5. The summed E-state index contributed by atoms with van der Waals surface area (Å²) >= 11 is 0. The number of aryl methyl sites for hydroxylation is 2. The van der Waals surface area contributed by atoms with Crippen molar-refractivity contribution in [3.63, 3.8) is 0 Å². The number of aromatic nitrogens is 5. The molecule has 2 aromatic carbocycles. The van der Waals surface area contributed by atoms with E-state index >= 15 is 0 Å². The Hall–Kier alpha value is -3.48. The first-order valence-corrected chi connectivity index (χ1v) is 11.7. The Morgan fingerprint density at radius 1 is 1.15 bits per heavy atom. The summed E-state index contributed by atoms with van der Waals surface area (Å²) < 4.78 is 1.90. The molecule has 0 spiro atoms. The molecule has 0 fully saturated rings. The van der Waals surface area contributed by atoms with Gasteiger partial charge in [0, 0.05) is 23.3 Å². The van der Waals surface area contributed by atoms with Crippen molar-refractivity contribution in [3.05, 3.63) is 81.4 Å². The first-order valence-electron chi connectivity index (χ1n) is 11.7. The molecular weight excluding hydrogens is 412 g/mol. The van der Waals surface area contributed by atoms with Crippen molar-refractivity contribution in [1.29, 1.82) is 0 Å². The smallest absolute Gasteiger partial charge is 0.254 e. The van der Waals surface area contributed by atoms with E-state index < -0.39 is 6.04 Å². The van der Waals surface area contributed by atoms with Crippen LogP contribution >= 0.6 is 0 Å². The first-order chi connectivity index (χ1) is 15.9. The van der Waals surface area contributed by atoms with Crippen LogP contribution in [0.1, 0.15) is 62.2 Å². The van der Waals surface area contributed by atoms with Crippen LogP contribution in [0.3, 0.4) is 0 Å². The van der Waals surface area contributed by atoms with E-state index in [-0.39, 0.29) is 11.1 Å². The van der Waals surface area contributed by atoms with Crippen molar-refractivity contribution in [2.24, 2.45) is 0 Å². The van der Waals surface area contributed by atoms with Gasteiger partial charge in [-0.3, -0.25) is 4.79 Å². The molecule has 2 aromatic heterocycles. The summed E-state index contributed by atoms with van der Waals surface area (Å²) in [5, 5.41) is 13.9. The molecule has 33 heavy (non-hydrogen) atoms. The molecule has 7 heteroatoms. The molecule has 0 saturated heterocycles. The van der Waals surface area contributed by atoms with E-state index in [2.05, 4.69) is 82.6 Å². The second kappa shape index (κ2) is 8.14. The Labute approximate surface area is 193 Å². The molecule has 0 radical (unpaired) electrons. The predicted molar refractivity (Wildman–Crippen MR) is 131 cm³/mol. The fraction of sp³-hybridized carbons (Fsp3) is 0.385. The maximum Gasteiger partial charge on any atom is 0.254 e. The molecule has 5 rings (SSSR count). The predicted octanol–water partition coefficient (Wildman–Crippen LogP) is 4.51. The van der Waals surface area contributed by atoms with E-state index in [4.69, 9.17) is 0 Å². The van der Waals surface area contributed by atoms with E-state index in [1.165, 1.54) is 5.56 Å². The minimum atomic E-state index is -0.401. The molecule has 0 bridgehead atoms. The van der Waals surface area contributed by atoms with Gasteiger partial charge in [0.05, 0.1) is 5.54 Å². The molecule has 1 aliphatic rings. The van der Waals surface area contributed by atoms with Crippen molar-refractivity contribution >= 4 is 16.6 Å². The number of anilines is 1. The maximum absolute atomic E-state index is 13.5. The van der Waals surface area contributed by atoms with Crippen molar-refractivity contribution in [2.75, 3.05) is 11.4 Å². The molecule has 1 unspecified atom stereocenters. The molecule has 3 heterocycles. The van der Waals surface area contributed by atoms with Crippen LogP contribution in [0.5, 0.6) is 0 Å². The highest BCUT2D eigenvalue weighted by molar-refractivity contribution is 5.80. The van der Waals surface area contributed by atoms with Gasteiger partial charge in [-0.05, 0) is 85.2 Å². The van der Waals surface area contributed by atoms with Gasteiger partial charge in [0.1, 0.15) is 6.04 Å². The molecule has 170 valence electrons. The molecule has 1 aliphatic heterocycles. The number of hydrogen-bond donors (Lipinski definition) is 1. The molecule has 4 aromatic rings. The highest BCUT2D eigenvalue weighted by atomic mass is 16.1. The molecule has 1 N–H and O–H groups in total. The van der Waals surface area contributed by atoms with E-state index in [0.29, 0.717) is 11.4 Å². The Balaban J connectivity index is 1.77. The van der Waals surface area contributed by atoms with E-state index in [0.717, 1.165) is 48.0 Å². The lowest BCUT2D eigenvalue weighted by Gasteiger charge is -2.38. The lowest BCUT2D eigenvalue weighted by Crippen LogP contribution is -2.40. The standard InChI is InChI=1S/C26H30N6O/c1-5-26(3,4)32-24(28-29-30-32)23(31-14-8-10-18-9-6-7-11-22(18)31)20-16-19-13-12-17(2)15-21(19)27-25(20)33/h6-7,9,11-13,15-16,23H,5,8,10,14H2,1-4H3,(H,27,33). The monoisotopic (exact) mass is 442 g/mol. The number of fused-ring (bicyclic) bond motifs is 2. The zero-order chi connectivity index (χ0) is 23.2. The Kier molecular flexibility index (Phi) is 5.27. The van der Waals surface area contributed by atoms with Crippen molar-refractivity contribution in [2.45, 2.75) is 58.5 Å². The minimum Gasteiger partial charge on any atom is -0.357 e. The summed E-state index contributed by atoms with van der Waals surface area (Å²) in [5.41, 5.74) is 4.65. The van der Waals surface area contributed by atoms with Gasteiger partial charge >= 0.3 is 0 Å². The number of pyridine rings is 1. The number of para-hydroxylation sites is 1. The SMILES string of the molecule is CCC(C)(C)n1nnnc1C(c1cc2ccc(C)cc2[nH]c1=O)N1CCCc2ccccc21. The van der Waals surface area contributed by atoms with Crippen LogP contribution in [0.2, 0.25) is 0 Å². The fourth-order valence-corrected chi connectivity index (χ4v) is 4.76. The summed E-state index contributed by atoms with van der Waals surface area (Å²) in [6.45, 7) is 9.23. The summed E-state index contributed by atoms with van der Waals surface area (Å²) in [6.07, 6.45) is 2.90. The van der Waals surface area contributed by atoms with E-state index in [1.54, 1.807) is 0 Å². The number of aromatic amines is 1. The van der Waals surface area contributed by atoms with Crippen molar-refractivity contribution < 1.29 is 0 Å². The van der Waals surface area contributed by atoms with Gasteiger partial charge in [0.25, 0.3) is 5.56 Å². The molecule has 1 atom stereocenters. The zero-order valence-electron chi connectivity index (χ0n) is 19.7. The topological polar surface area (TPSA) is 79.7 Å². The van der Waals surface area contributed by atoms with Crippen molar-refractivity contribution in [3.8, 4) is 0 Å². The highest BCUT2D eigenvalue weighted by Crippen LogP contribution is 2.37. The van der Waals surface area contributed by atoms with Gasteiger partial charge in [0.2, 0.25) is 0 Å². The number of rotatable bonds is 5. The fourth-order valence-electron chi connectivity index (χ4n) is 4.76.